The topological polar surface area (TPSA) is 63.6 Å². The van der Waals surface area contributed by atoms with Gasteiger partial charge in [-0.15, -0.1) is 0 Å². The normalized spacial score (nSPS) is 18.6. The number of pyridine rings is 3. The van der Waals surface area contributed by atoms with Crippen molar-refractivity contribution < 1.29 is 13.9 Å². The molecule has 1 spiro atoms. The van der Waals surface area contributed by atoms with Gasteiger partial charge in [-0.05, 0) is 62.6 Å². The van der Waals surface area contributed by atoms with Crippen molar-refractivity contribution in [2.24, 2.45) is 0 Å². The Morgan fingerprint density at radius 2 is 1.72 bits per heavy atom. The Kier molecular flexibility index (Phi) is 5.97. The lowest BCUT2D eigenvalue weighted by atomic mass is 9.78. The number of aryl methyl sites for hydroxylation is 1. The quantitative estimate of drug-likeness (QED) is 0.351. The Bertz CT molecular complexity index is 1560. The maximum atomic E-state index is 14.5. The lowest BCUT2D eigenvalue weighted by Gasteiger charge is -2.34. The molecule has 0 aliphatic carbocycles. The summed E-state index contributed by atoms with van der Waals surface area (Å²) >= 11 is 0. The summed E-state index contributed by atoms with van der Waals surface area (Å²) in [6, 6.07) is 11.2. The van der Waals surface area contributed by atoms with Crippen LogP contribution in [0, 0.1) is 19.7 Å². The Hall–Kier alpha value is -3.62. The molecule has 7 rings (SSSR count). The highest BCUT2D eigenvalue weighted by Gasteiger charge is 2.46. The van der Waals surface area contributed by atoms with Gasteiger partial charge in [0.15, 0.2) is 0 Å². The molecule has 3 aliphatic heterocycles. The predicted molar refractivity (Wildman–Crippen MR) is 150 cm³/mol. The Labute approximate surface area is 227 Å². The van der Waals surface area contributed by atoms with Gasteiger partial charge in [0.2, 0.25) is 0 Å². The van der Waals surface area contributed by atoms with Gasteiger partial charge in [0.25, 0.3) is 0 Å². The summed E-state index contributed by atoms with van der Waals surface area (Å²) in [5.74, 6) is -0.299. The first-order valence-electron chi connectivity index (χ1n) is 13.7. The number of benzene rings is 1. The Morgan fingerprint density at radius 3 is 2.51 bits per heavy atom. The van der Waals surface area contributed by atoms with Crippen LogP contribution in [-0.4, -0.2) is 61.0 Å². The molecule has 0 amide bonds. The fourth-order valence-electron chi connectivity index (χ4n) is 6.45. The highest BCUT2D eigenvalue weighted by molar-refractivity contribution is 5.99. The maximum absolute atomic E-state index is 14.5. The fraction of sp³-hybridized carbons (Fsp3) is 0.387. The monoisotopic (exact) mass is 525 g/mol. The van der Waals surface area contributed by atoms with E-state index in [1.165, 1.54) is 12.1 Å². The zero-order valence-electron chi connectivity index (χ0n) is 22.4. The molecule has 3 aromatic heterocycles. The van der Waals surface area contributed by atoms with Crippen LogP contribution in [0.15, 0.2) is 48.8 Å². The average Bonchev–Trinajstić information content (AvgIpc) is 3.26. The van der Waals surface area contributed by atoms with Crippen molar-refractivity contribution in [3.05, 3.63) is 71.4 Å². The number of rotatable bonds is 3. The van der Waals surface area contributed by atoms with E-state index in [4.69, 9.17) is 19.4 Å². The first-order chi connectivity index (χ1) is 19.0. The van der Waals surface area contributed by atoms with E-state index in [2.05, 4.69) is 27.8 Å². The summed E-state index contributed by atoms with van der Waals surface area (Å²) in [4.78, 5) is 19.5. The standard InChI is InChI=1S/C31H32FN5O2/c1-20-5-8-33-26(15-20)28-21(2)29(24-4-3-22(32)16-25(24)35-28)37-19-31(6-11-38-12-7-31)30-27(37)17-23(18-34-30)36-9-13-39-14-10-36/h3-5,8,15-18H,6-7,9-14,19H2,1-2H3. The van der Waals surface area contributed by atoms with Crippen LogP contribution in [0.1, 0.15) is 29.7 Å². The third-order valence-corrected chi connectivity index (χ3v) is 8.52. The molecular formula is C31H32FN5O2. The van der Waals surface area contributed by atoms with Crippen LogP contribution < -0.4 is 9.80 Å². The van der Waals surface area contributed by atoms with Crippen LogP contribution in [-0.2, 0) is 14.9 Å². The first-order valence-corrected chi connectivity index (χ1v) is 13.7. The number of aromatic nitrogens is 3. The first kappa shape index (κ1) is 24.4. The molecule has 0 saturated carbocycles. The molecule has 0 unspecified atom stereocenters. The summed E-state index contributed by atoms with van der Waals surface area (Å²) < 4.78 is 25.9. The van der Waals surface area contributed by atoms with Crippen molar-refractivity contribution in [2.45, 2.75) is 32.1 Å². The van der Waals surface area contributed by atoms with Gasteiger partial charge in [0.1, 0.15) is 5.82 Å². The molecule has 200 valence electrons. The van der Waals surface area contributed by atoms with Crippen LogP contribution in [0.4, 0.5) is 21.5 Å². The highest BCUT2D eigenvalue weighted by atomic mass is 19.1. The van der Waals surface area contributed by atoms with Crippen molar-refractivity contribution >= 4 is 28.0 Å². The molecule has 3 aliphatic rings. The van der Waals surface area contributed by atoms with Gasteiger partial charge in [-0.25, -0.2) is 9.37 Å². The molecule has 2 fully saturated rings. The van der Waals surface area contributed by atoms with Crippen LogP contribution in [0.2, 0.25) is 0 Å². The molecule has 0 atom stereocenters. The Balaban J connectivity index is 1.46. The number of hydrogen-bond donors (Lipinski definition) is 0. The SMILES string of the molecule is Cc1ccnc(-c2nc3cc(F)ccc3c(N3CC4(CCOCC4)c4ncc(N5CCOCC5)cc43)c2C)c1. The van der Waals surface area contributed by atoms with E-state index in [9.17, 15) is 4.39 Å². The number of fused-ring (bicyclic) bond motifs is 3. The van der Waals surface area contributed by atoms with Gasteiger partial charge >= 0.3 is 0 Å². The zero-order valence-corrected chi connectivity index (χ0v) is 22.4. The second-order valence-electron chi connectivity index (χ2n) is 11.0. The molecular weight excluding hydrogens is 493 g/mol. The second-order valence-corrected chi connectivity index (χ2v) is 11.0. The second kappa shape index (κ2) is 9.54. The highest BCUT2D eigenvalue weighted by Crippen LogP contribution is 2.51. The van der Waals surface area contributed by atoms with Gasteiger partial charge in [0, 0.05) is 61.5 Å². The van der Waals surface area contributed by atoms with Gasteiger partial charge in [0.05, 0.1) is 59.1 Å². The number of nitrogens with zero attached hydrogens (tertiary/aromatic N) is 5. The summed E-state index contributed by atoms with van der Waals surface area (Å²) in [7, 11) is 0. The minimum atomic E-state index is -0.299. The van der Waals surface area contributed by atoms with E-state index in [1.807, 2.05) is 37.5 Å². The van der Waals surface area contributed by atoms with Gasteiger partial charge in [-0.2, -0.15) is 0 Å². The number of anilines is 3. The third-order valence-electron chi connectivity index (χ3n) is 8.52. The third kappa shape index (κ3) is 4.13. The molecule has 2 saturated heterocycles. The molecule has 7 nitrogen and oxygen atoms in total. The fourth-order valence-corrected chi connectivity index (χ4v) is 6.45. The number of hydrogen-bond acceptors (Lipinski definition) is 7. The van der Waals surface area contributed by atoms with Gasteiger partial charge in [-0.1, -0.05) is 0 Å². The minimum Gasteiger partial charge on any atom is -0.381 e. The Morgan fingerprint density at radius 1 is 0.923 bits per heavy atom. The van der Waals surface area contributed by atoms with E-state index < -0.39 is 0 Å². The largest absolute Gasteiger partial charge is 0.381 e. The molecule has 0 radical (unpaired) electrons. The molecule has 0 N–H and O–H groups in total. The van der Waals surface area contributed by atoms with Crippen molar-refractivity contribution in [2.75, 3.05) is 55.9 Å². The minimum absolute atomic E-state index is 0.0963. The number of ether oxygens (including phenoxy) is 2. The van der Waals surface area contributed by atoms with Crippen LogP contribution in [0.25, 0.3) is 22.3 Å². The predicted octanol–water partition coefficient (Wildman–Crippen LogP) is 5.48. The maximum Gasteiger partial charge on any atom is 0.125 e. The molecule has 8 heteroatoms. The molecule has 4 aromatic rings. The summed E-state index contributed by atoms with van der Waals surface area (Å²) in [6.07, 6.45) is 5.68. The van der Waals surface area contributed by atoms with E-state index in [0.29, 0.717) is 18.7 Å². The summed E-state index contributed by atoms with van der Waals surface area (Å²) in [5.41, 5.74) is 8.62. The number of morpholine rings is 1. The van der Waals surface area contributed by atoms with E-state index >= 15 is 0 Å². The lowest BCUT2D eigenvalue weighted by molar-refractivity contribution is 0.0546. The molecule has 0 bridgehead atoms. The van der Waals surface area contributed by atoms with Crippen molar-refractivity contribution in [3.63, 3.8) is 0 Å². The van der Waals surface area contributed by atoms with Crippen molar-refractivity contribution in [1.82, 2.24) is 15.0 Å². The number of halogens is 1. The molecule has 1 aromatic carbocycles. The van der Waals surface area contributed by atoms with Crippen LogP contribution in [0.3, 0.4) is 0 Å². The van der Waals surface area contributed by atoms with Crippen molar-refractivity contribution in [1.29, 1.82) is 0 Å². The smallest absolute Gasteiger partial charge is 0.125 e. The molecule has 39 heavy (non-hydrogen) atoms. The average molecular weight is 526 g/mol. The van der Waals surface area contributed by atoms with Crippen LogP contribution >= 0.6 is 0 Å². The van der Waals surface area contributed by atoms with E-state index in [1.54, 1.807) is 0 Å². The van der Waals surface area contributed by atoms with E-state index in [0.717, 1.165) is 96.3 Å². The van der Waals surface area contributed by atoms with Gasteiger partial charge in [-0.3, -0.25) is 9.97 Å². The summed E-state index contributed by atoms with van der Waals surface area (Å²) in [6.45, 7) is 9.52. The van der Waals surface area contributed by atoms with Crippen LogP contribution in [0.5, 0.6) is 0 Å². The van der Waals surface area contributed by atoms with Crippen molar-refractivity contribution in [3.8, 4) is 11.4 Å². The van der Waals surface area contributed by atoms with Gasteiger partial charge < -0.3 is 19.3 Å². The van der Waals surface area contributed by atoms with E-state index in [-0.39, 0.29) is 11.2 Å². The molecule has 6 heterocycles. The zero-order chi connectivity index (χ0) is 26.6. The summed E-state index contributed by atoms with van der Waals surface area (Å²) in [5, 5.41) is 0.928. The lowest BCUT2D eigenvalue weighted by Crippen LogP contribution is -2.38.